The summed E-state index contributed by atoms with van der Waals surface area (Å²) in [6, 6.07) is 20.2. The van der Waals surface area contributed by atoms with E-state index in [9.17, 15) is 0 Å². The fourth-order valence-corrected chi connectivity index (χ4v) is 2.68. The van der Waals surface area contributed by atoms with E-state index in [1.807, 2.05) is 0 Å². The summed E-state index contributed by atoms with van der Waals surface area (Å²) in [5.74, 6) is 0. The van der Waals surface area contributed by atoms with Crippen LogP contribution < -0.4 is 5.32 Å². The molecule has 1 aliphatic heterocycles. The highest BCUT2D eigenvalue weighted by atomic mass is 14.9. The lowest BCUT2D eigenvalue weighted by Crippen LogP contribution is -2.23. The Morgan fingerprint density at radius 1 is 0.889 bits per heavy atom. The number of benzene rings is 2. The highest BCUT2D eigenvalue weighted by Gasteiger charge is 2.13. The molecule has 0 bridgehead atoms. The minimum Gasteiger partial charge on any atom is -0.314 e. The number of nitrogens with one attached hydrogen (secondary N) is 1. The van der Waals surface area contributed by atoms with Gasteiger partial charge in [-0.25, -0.2) is 0 Å². The smallest absolute Gasteiger partial charge is 0.0108 e. The second-order valence-electron chi connectivity index (χ2n) is 5.06. The van der Waals surface area contributed by atoms with Crippen LogP contribution in [-0.4, -0.2) is 12.6 Å². The Kier molecular flexibility index (Phi) is 3.42. The van der Waals surface area contributed by atoms with Crippen LogP contribution in [0.4, 0.5) is 0 Å². The second kappa shape index (κ2) is 5.36. The van der Waals surface area contributed by atoms with Crippen molar-refractivity contribution in [3.8, 4) is 11.1 Å². The molecule has 1 nitrogen and oxygen atoms in total. The van der Waals surface area contributed by atoms with E-state index < -0.39 is 0 Å². The van der Waals surface area contributed by atoms with E-state index in [2.05, 4.69) is 59.9 Å². The molecule has 2 aromatic carbocycles. The quantitative estimate of drug-likeness (QED) is 0.859. The molecule has 1 heterocycles. The molecular weight excluding hydrogens is 218 g/mol. The van der Waals surface area contributed by atoms with Crippen LogP contribution in [0.5, 0.6) is 0 Å². The molecule has 0 aromatic heterocycles. The molecule has 92 valence electrons. The van der Waals surface area contributed by atoms with Crippen LogP contribution in [0.15, 0.2) is 54.6 Å². The predicted octanol–water partition coefficient (Wildman–Crippen LogP) is 3.65. The molecule has 2 aromatic rings. The van der Waals surface area contributed by atoms with Gasteiger partial charge < -0.3 is 5.32 Å². The van der Waals surface area contributed by atoms with Crippen molar-refractivity contribution in [2.24, 2.45) is 0 Å². The molecule has 0 radical (unpaired) electrons. The van der Waals surface area contributed by atoms with Crippen molar-refractivity contribution < 1.29 is 0 Å². The Bertz CT molecular complexity index is 481. The third-order valence-corrected chi connectivity index (χ3v) is 3.71. The van der Waals surface area contributed by atoms with Crippen molar-refractivity contribution in [2.75, 3.05) is 6.54 Å². The van der Waals surface area contributed by atoms with Gasteiger partial charge in [-0.3, -0.25) is 0 Å². The SMILES string of the molecule is c1ccc(-c2ccc(C[C@@H]3CCCN3)cc2)cc1. The van der Waals surface area contributed by atoms with Crippen molar-refractivity contribution >= 4 is 0 Å². The lowest BCUT2D eigenvalue weighted by Gasteiger charge is -2.10. The van der Waals surface area contributed by atoms with Gasteiger partial charge in [0.2, 0.25) is 0 Å². The van der Waals surface area contributed by atoms with E-state index in [4.69, 9.17) is 0 Å². The summed E-state index contributed by atoms with van der Waals surface area (Å²) in [7, 11) is 0. The van der Waals surface area contributed by atoms with Gasteiger partial charge in [-0.1, -0.05) is 54.6 Å². The highest BCUT2D eigenvalue weighted by molar-refractivity contribution is 5.63. The summed E-state index contributed by atoms with van der Waals surface area (Å²) in [4.78, 5) is 0. The largest absolute Gasteiger partial charge is 0.314 e. The van der Waals surface area contributed by atoms with Gasteiger partial charge >= 0.3 is 0 Å². The molecule has 3 rings (SSSR count). The monoisotopic (exact) mass is 237 g/mol. The first-order chi connectivity index (χ1) is 8.92. The van der Waals surface area contributed by atoms with Crippen molar-refractivity contribution in [1.29, 1.82) is 0 Å². The van der Waals surface area contributed by atoms with Gasteiger partial charge in [-0.15, -0.1) is 0 Å². The Morgan fingerprint density at radius 2 is 1.61 bits per heavy atom. The van der Waals surface area contributed by atoms with E-state index >= 15 is 0 Å². The predicted molar refractivity (Wildman–Crippen MR) is 76.6 cm³/mol. The summed E-state index contributed by atoms with van der Waals surface area (Å²) in [5.41, 5.74) is 4.04. The Balaban J connectivity index is 1.72. The van der Waals surface area contributed by atoms with Crippen LogP contribution in [0.3, 0.4) is 0 Å². The van der Waals surface area contributed by atoms with Gasteiger partial charge in [0, 0.05) is 6.04 Å². The Morgan fingerprint density at radius 3 is 2.28 bits per heavy atom. The van der Waals surface area contributed by atoms with E-state index in [0.29, 0.717) is 6.04 Å². The zero-order valence-electron chi connectivity index (χ0n) is 10.6. The van der Waals surface area contributed by atoms with Gasteiger partial charge in [0.05, 0.1) is 0 Å². The van der Waals surface area contributed by atoms with Crippen molar-refractivity contribution in [2.45, 2.75) is 25.3 Å². The first-order valence-corrected chi connectivity index (χ1v) is 6.79. The van der Waals surface area contributed by atoms with Gasteiger partial charge in [-0.2, -0.15) is 0 Å². The summed E-state index contributed by atoms with van der Waals surface area (Å²) in [6.07, 6.45) is 3.81. The lowest BCUT2D eigenvalue weighted by molar-refractivity contribution is 0.603. The summed E-state index contributed by atoms with van der Waals surface area (Å²) in [5, 5.41) is 3.55. The first-order valence-electron chi connectivity index (χ1n) is 6.79. The number of hydrogen-bond donors (Lipinski definition) is 1. The zero-order valence-corrected chi connectivity index (χ0v) is 10.6. The van der Waals surface area contributed by atoms with Crippen LogP contribution in [-0.2, 0) is 6.42 Å². The standard InChI is InChI=1S/C17H19N/c1-2-5-15(6-3-1)16-10-8-14(9-11-16)13-17-7-4-12-18-17/h1-3,5-6,8-11,17-18H,4,7,12-13H2/t17-/m0/s1. The molecule has 1 saturated heterocycles. The number of rotatable bonds is 3. The van der Waals surface area contributed by atoms with Gasteiger partial charge in [0.15, 0.2) is 0 Å². The van der Waals surface area contributed by atoms with Crippen LogP contribution >= 0.6 is 0 Å². The first kappa shape index (κ1) is 11.5. The van der Waals surface area contributed by atoms with Gasteiger partial charge in [0.1, 0.15) is 0 Å². The summed E-state index contributed by atoms with van der Waals surface area (Å²) < 4.78 is 0. The molecule has 0 saturated carbocycles. The topological polar surface area (TPSA) is 12.0 Å². The van der Waals surface area contributed by atoms with E-state index in [1.54, 1.807) is 0 Å². The normalized spacial score (nSPS) is 19.0. The van der Waals surface area contributed by atoms with E-state index in [1.165, 1.54) is 36.1 Å². The van der Waals surface area contributed by atoms with Gasteiger partial charge in [0.25, 0.3) is 0 Å². The fourth-order valence-electron chi connectivity index (χ4n) is 2.68. The van der Waals surface area contributed by atoms with E-state index in [0.717, 1.165) is 6.42 Å². The fraction of sp³-hybridized carbons (Fsp3) is 0.294. The molecule has 1 N–H and O–H groups in total. The average molecular weight is 237 g/mol. The maximum absolute atomic E-state index is 3.55. The summed E-state index contributed by atoms with van der Waals surface area (Å²) in [6.45, 7) is 1.19. The van der Waals surface area contributed by atoms with Crippen LogP contribution in [0, 0.1) is 0 Å². The maximum atomic E-state index is 3.55. The van der Waals surface area contributed by atoms with E-state index in [-0.39, 0.29) is 0 Å². The third kappa shape index (κ3) is 2.62. The third-order valence-electron chi connectivity index (χ3n) is 3.71. The molecule has 0 aliphatic carbocycles. The molecule has 0 spiro atoms. The molecule has 1 atom stereocenters. The minimum absolute atomic E-state index is 0.688. The molecule has 0 unspecified atom stereocenters. The molecule has 0 amide bonds. The molecule has 1 fully saturated rings. The Hall–Kier alpha value is -1.60. The van der Waals surface area contributed by atoms with Gasteiger partial charge in [-0.05, 0) is 42.5 Å². The number of hydrogen-bond acceptors (Lipinski definition) is 1. The van der Waals surface area contributed by atoms with Crippen LogP contribution in [0.2, 0.25) is 0 Å². The average Bonchev–Trinajstić information content (AvgIpc) is 2.94. The zero-order chi connectivity index (χ0) is 12.2. The van der Waals surface area contributed by atoms with Crippen LogP contribution in [0.25, 0.3) is 11.1 Å². The summed E-state index contributed by atoms with van der Waals surface area (Å²) >= 11 is 0. The van der Waals surface area contributed by atoms with Crippen molar-refractivity contribution in [1.82, 2.24) is 5.32 Å². The highest BCUT2D eigenvalue weighted by Crippen LogP contribution is 2.20. The molecule has 1 heteroatoms. The molecule has 1 aliphatic rings. The molecular formula is C17H19N. The Labute approximate surface area is 109 Å². The lowest BCUT2D eigenvalue weighted by atomic mass is 10.0. The minimum atomic E-state index is 0.688. The van der Waals surface area contributed by atoms with Crippen molar-refractivity contribution in [3.63, 3.8) is 0 Å². The second-order valence-corrected chi connectivity index (χ2v) is 5.06. The van der Waals surface area contributed by atoms with Crippen LogP contribution in [0.1, 0.15) is 18.4 Å². The van der Waals surface area contributed by atoms with Crippen molar-refractivity contribution in [3.05, 3.63) is 60.2 Å². The maximum Gasteiger partial charge on any atom is 0.0108 e. The molecule has 18 heavy (non-hydrogen) atoms.